The summed E-state index contributed by atoms with van der Waals surface area (Å²) in [7, 11) is 1.81. The summed E-state index contributed by atoms with van der Waals surface area (Å²) in [6.45, 7) is 4.88. The molecule has 0 unspecified atom stereocenters. The van der Waals surface area contributed by atoms with E-state index in [0.29, 0.717) is 18.9 Å². The van der Waals surface area contributed by atoms with E-state index in [0.717, 1.165) is 32.1 Å². The Morgan fingerprint density at radius 3 is 2.32 bits per heavy atom. The summed E-state index contributed by atoms with van der Waals surface area (Å²) in [5.41, 5.74) is -0.174. The average molecular weight is 269 g/mol. The molecule has 1 amide bonds. The summed E-state index contributed by atoms with van der Waals surface area (Å²) in [6, 6.07) is 0. The molecule has 1 fully saturated rings. The van der Waals surface area contributed by atoms with Crippen LogP contribution in [-0.4, -0.2) is 35.5 Å². The van der Waals surface area contributed by atoms with Gasteiger partial charge < -0.3 is 10.0 Å². The van der Waals surface area contributed by atoms with Crippen LogP contribution in [0.1, 0.15) is 58.8 Å². The second-order valence-corrected chi connectivity index (χ2v) is 6.31. The van der Waals surface area contributed by atoms with Crippen molar-refractivity contribution in [1.29, 1.82) is 0 Å². The molecule has 110 valence electrons. The van der Waals surface area contributed by atoms with Gasteiger partial charge in [-0.25, -0.2) is 0 Å². The number of carboxylic acid groups (broad SMARTS) is 1. The van der Waals surface area contributed by atoms with Gasteiger partial charge in [0.15, 0.2) is 0 Å². The first kappa shape index (κ1) is 16.0. The molecule has 1 saturated carbocycles. The molecule has 4 heteroatoms. The van der Waals surface area contributed by atoms with Gasteiger partial charge in [-0.3, -0.25) is 9.59 Å². The van der Waals surface area contributed by atoms with E-state index in [9.17, 15) is 9.59 Å². The minimum Gasteiger partial charge on any atom is -0.481 e. The highest BCUT2D eigenvalue weighted by molar-refractivity contribution is 5.82. The number of amides is 1. The molecule has 19 heavy (non-hydrogen) atoms. The molecule has 0 radical (unpaired) electrons. The average Bonchev–Trinajstić information content (AvgIpc) is 2.76. The van der Waals surface area contributed by atoms with Gasteiger partial charge >= 0.3 is 5.97 Å². The van der Waals surface area contributed by atoms with Crippen molar-refractivity contribution in [1.82, 2.24) is 4.90 Å². The van der Waals surface area contributed by atoms with E-state index in [1.807, 2.05) is 7.05 Å². The van der Waals surface area contributed by atoms with Crippen LogP contribution in [0.2, 0.25) is 0 Å². The smallest absolute Gasteiger partial charge is 0.303 e. The van der Waals surface area contributed by atoms with Crippen molar-refractivity contribution < 1.29 is 14.7 Å². The minimum atomic E-state index is -0.793. The molecular weight excluding hydrogens is 242 g/mol. The van der Waals surface area contributed by atoms with Gasteiger partial charge in [0.1, 0.15) is 0 Å². The first-order valence-electron chi connectivity index (χ1n) is 7.35. The molecule has 0 saturated heterocycles. The SMILES string of the molecule is CC(C)CC1(C(=O)N(C)CCCC(=O)O)CCCC1. The number of hydrogen-bond acceptors (Lipinski definition) is 2. The molecule has 0 aromatic rings. The number of carbonyl (C=O) groups is 2. The Hall–Kier alpha value is -1.06. The Morgan fingerprint density at radius 2 is 1.84 bits per heavy atom. The van der Waals surface area contributed by atoms with Crippen LogP contribution in [0.3, 0.4) is 0 Å². The van der Waals surface area contributed by atoms with Gasteiger partial charge in [0.05, 0.1) is 0 Å². The molecule has 0 bridgehead atoms. The molecule has 0 aromatic heterocycles. The monoisotopic (exact) mass is 269 g/mol. The zero-order valence-electron chi connectivity index (χ0n) is 12.4. The zero-order valence-corrected chi connectivity index (χ0v) is 12.4. The van der Waals surface area contributed by atoms with E-state index in [2.05, 4.69) is 13.8 Å². The lowest BCUT2D eigenvalue weighted by molar-refractivity contribution is -0.143. The van der Waals surface area contributed by atoms with Crippen molar-refractivity contribution in [3.63, 3.8) is 0 Å². The zero-order chi connectivity index (χ0) is 14.5. The lowest BCUT2D eigenvalue weighted by Gasteiger charge is -2.33. The Labute approximate surface area is 116 Å². The fraction of sp³-hybridized carbons (Fsp3) is 0.867. The summed E-state index contributed by atoms with van der Waals surface area (Å²) >= 11 is 0. The Kier molecular flexibility index (Phi) is 5.83. The fourth-order valence-corrected chi connectivity index (χ4v) is 3.31. The standard InChI is InChI=1S/C15H27NO3/c1-12(2)11-15(8-4-5-9-15)14(19)16(3)10-6-7-13(17)18/h12H,4-11H2,1-3H3,(H,17,18). The molecule has 0 heterocycles. The molecule has 0 spiro atoms. The highest BCUT2D eigenvalue weighted by Gasteiger charge is 2.42. The maximum atomic E-state index is 12.7. The summed E-state index contributed by atoms with van der Waals surface area (Å²) in [5.74, 6) is -0.0443. The third-order valence-electron chi connectivity index (χ3n) is 4.04. The van der Waals surface area contributed by atoms with E-state index in [-0.39, 0.29) is 17.7 Å². The van der Waals surface area contributed by atoms with Crippen LogP contribution in [0.5, 0.6) is 0 Å². The first-order valence-corrected chi connectivity index (χ1v) is 7.35. The maximum Gasteiger partial charge on any atom is 0.303 e. The highest BCUT2D eigenvalue weighted by atomic mass is 16.4. The molecule has 1 aliphatic rings. The molecule has 1 rings (SSSR count). The van der Waals surface area contributed by atoms with Gasteiger partial charge in [-0.15, -0.1) is 0 Å². The van der Waals surface area contributed by atoms with Gasteiger partial charge in [-0.1, -0.05) is 26.7 Å². The Morgan fingerprint density at radius 1 is 1.26 bits per heavy atom. The van der Waals surface area contributed by atoms with Gasteiger partial charge in [0.2, 0.25) is 5.91 Å². The molecule has 0 aliphatic heterocycles. The van der Waals surface area contributed by atoms with Crippen LogP contribution in [0.4, 0.5) is 0 Å². The first-order chi connectivity index (χ1) is 8.87. The second-order valence-electron chi connectivity index (χ2n) is 6.31. The van der Waals surface area contributed by atoms with E-state index < -0.39 is 5.97 Å². The van der Waals surface area contributed by atoms with Crippen molar-refractivity contribution >= 4 is 11.9 Å². The van der Waals surface area contributed by atoms with E-state index >= 15 is 0 Å². The molecule has 0 atom stereocenters. The summed E-state index contributed by atoms with van der Waals surface area (Å²) in [5, 5.41) is 8.64. The second kappa shape index (κ2) is 6.92. The lowest BCUT2D eigenvalue weighted by Crippen LogP contribution is -2.41. The molecule has 0 aromatic carbocycles. The third-order valence-corrected chi connectivity index (χ3v) is 4.04. The summed E-state index contributed by atoms with van der Waals surface area (Å²) in [4.78, 5) is 24.9. The fourth-order valence-electron chi connectivity index (χ4n) is 3.31. The van der Waals surface area contributed by atoms with Crippen molar-refractivity contribution in [2.75, 3.05) is 13.6 Å². The number of rotatable bonds is 7. The highest BCUT2D eigenvalue weighted by Crippen LogP contribution is 2.44. The van der Waals surface area contributed by atoms with Crippen LogP contribution in [0.25, 0.3) is 0 Å². The number of nitrogens with zero attached hydrogens (tertiary/aromatic N) is 1. The van der Waals surface area contributed by atoms with E-state index in [4.69, 9.17) is 5.11 Å². The summed E-state index contributed by atoms with van der Waals surface area (Å²) < 4.78 is 0. The third kappa shape index (κ3) is 4.51. The molecular formula is C15H27NO3. The predicted octanol–water partition coefficient (Wildman–Crippen LogP) is 2.92. The number of carboxylic acids is 1. The molecule has 1 aliphatic carbocycles. The lowest BCUT2D eigenvalue weighted by atomic mass is 9.77. The number of aliphatic carboxylic acids is 1. The van der Waals surface area contributed by atoms with Gasteiger partial charge in [0, 0.05) is 25.4 Å². The number of hydrogen-bond donors (Lipinski definition) is 1. The maximum absolute atomic E-state index is 12.7. The molecule has 1 N–H and O–H groups in total. The van der Waals surface area contributed by atoms with Crippen LogP contribution < -0.4 is 0 Å². The van der Waals surface area contributed by atoms with Crippen molar-refractivity contribution in [2.45, 2.75) is 58.8 Å². The summed E-state index contributed by atoms with van der Waals surface area (Å²) in [6.07, 6.45) is 5.89. The quantitative estimate of drug-likeness (QED) is 0.773. The van der Waals surface area contributed by atoms with Crippen molar-refractivity contribution in [3.05, 3.63) is 0 Å². The van der Waals surface area contributed by atoms with Crippen LogP contribution in [0.15, 0.2) is 0 Å². The topological polar surface area (TPSA) is 57.6 Å². The largest absolute Gasteiger partial charge is 0.481 e. The van der Waals surface area contributed by atoms with Crippen molar-refractivity contribution in [3.8, 4) is 0 Å². The van der Waals surface area contributed by atoms with E-state index in [1.165, 1.54) is 0 Å². The van der Waals surface area contributed by atoms with Crippen LogP contribution in [-0.2, 0) is 9.59 Å². The van der Waals surface area contributed by atoms with Crippen LogP contribution in [0, 0.1) is 11.3 Å². The van der Waals surface area contributed by atoms with Gasteiger partial charge in [-0.05, 0) is 31.6 Å². The van der Waals surface area contributed by atoms with Crippen molar-refractivity contribution in [2.24, 2.45) is 11.3 Å². The number of carbonyl (C=O) groups excluding carboxylic acids is 1. The molecule has 4 nitrogen and oxygen atoms in total. The van der Waals surface area contributed by atoms with E-state index in [1.54, 1.807) is 4.90 Å². The Bertz CT molecular complexity index is 319. The Balaban J connectivity index is 2.58. The van der Waals surface area contributed by atoms with Gasteiger partial charge in [0.25, 0.3) is 0 Å². The van der Waals surface area contributed by atoms with Crippen LogP contribution >= 0.6 is 0 Å². The minimum absolute atomic E-state index is 0.134. The van der Waals surface area contributed by atoms with Gasteiger partial charge in [-0.2, -0.15) is 0 Å². The normalized spacial score (nSPS) is 17.7. The predicted molar refractivity (Wildman–Crippen MR) is 74.9 cm³/mol.